The molecule has 0 amide bonds. The average Bonchev–Trinajstić information content (AvgIpc) is 2.27. The van der Waals surface area contributed by atoms with Gasteiger partial charge in [0.2, 0.25) is 5.88 Å². The summed E-state index contributed by atoms with van der Waals surface area (Å²) in [5.41, 5.74) is 0. The van der Waals surface area contributed by atoms with E-state index in [0.29, 0.717) is 18.2 Å². The molecule has 0 fully saturated rings. The lowest BCUT2D eigenvalue weighted by molar-refractivity contribution is -0.136. The van der Waals surface area contributed by atoms with Crippen LogP contribution in [-0.2, 0) is 4.79 Å². The summed E-state index contributed by atoms with van der Waals surface area (Å²) in [6.07, 6.45) is 3.26. The van der Waals surface area contributed by atoms with E-state index in [-0.39, 0.29) is 18.6 Å². The number of hydrogen-bond donors (Lipinski definition) is 1. The van der Waals surface area contributed by atoms with Gasteiger partial charge in [-0.15, -0.1) is 0 Å². The van der Waals surface area contributed by atoms with Crippen molar-refractivity contribution in [3.63, 3.8) is 0 Å². The van der Waals surface area contributed by atoms with Crippen molar-refractivity contribution in [3.05, 3.63) is 12.4 Å². The van der Waals surface area contributed by atoms with Crippen LogP contribution in [0.5, 0.6) is 5.88 Å². The molecule has 1 heterocycles. The van der Waals surface area contributed by atoms with E-state index in [4.69, 9.17) is 9.84 Å². The third-order valence-electron chi connectivity index (χ3n) is 2.44. The lowest BCUT2D eigenvalue weighted by Gasteiger charge is -2.27. The predicted molar refractivity (Wildman–Crippen MR) is 72.5 cm³/mol. The van der Waals surface area contributed by atoms with Crippen LogP contribution in [0, 0.1) is 0 Å². The van der Waals surface area contributed by atoms with Gasteiger partial charge >= 0.3 is 5.97 Å². The van der Waals surface area contributed by atoms with Gasteiger partial charge in [0.1, 0.15) is 0 Å². The average molecular weight is 267 g/mol. The molecule has 0 aliphatic carbocycles. The van der Waals surface area contributed by atoms with Crippen molar-refractivity contribution in [2.75, 3.05) is 11.4 Å². The molecule has 19 heavy (non-hydrogen) atoms. The Bertz CT molecular complexity index is 421. The third-order valence-corrected chi connectivity index (χ3v) is 2.44. The van der Waals surface area contributed by atoms with Crippen LogP contribution >= 0.6 is 0 Å². The van der Waals surface area contributed by atoms with E-state index in [0.717, 1.165) is 0 Å². The molecule has 1 N–H and O–H groups in total. The molecule has 6 heteroatoms. The van der Waals surface area contributed by atoms with E-state index < -0.39 is 5.97 Å². The fraction of sp³-hybridized carbons (Fsp3) is 0.615. The van der Waals surface area contributed by atoms with Crippen molar-refractivity contribution >= 4 is 11.8 Å². The lowest BCUT2D eigenvalue weighted by atomic mass is 10.3. The van der Waals surface area contributed by atoms with Crippen LogP contribution in [0.25, 0.3) is 0 Å². The van der Waals surface area contributed by atoms with Gasteiger partial charge in [0.05, 0.1) is 24.9 Å². The molecule has 0 aromatic carbocycles. The number of ether oxygens (including phenoxy) is 1. The molecule has 0 saturated heterocycles. The number of aliphatic carboxylic acids is 1. The zero-order chi connectivity index (χ0) is 14.4. The van der Waals surface area contributed by atoms with Crippen LogP contribution in [0.15, 0.2) is 12.4 Å². The molecule has 0 atom stereocenters. The van der Waals surface area contributed by atoms with E-state index in [1.54, 1.807) is 12.4 Å². The number of anilines is 1. The van der Waals surface area contributed by atoms with E-state index in [1.807, 2.05) is 32.6 Å². The molecule has 6 nitrogen and oxygen atoms in total. The summed E-state index contributed by atoms with van der Waals surface area (Å²) < 4.78 is 5.49. The minimum atomic E-state index is -0.826. The van der Waals surface area contributed by atoms with Gasteiger partial charge < -0.3 is 14.7 Å². The zero-order valence-corrected chi connectivity index (χ0v) is 11.8. The van der Waals surface area contributed by atoms with Crippen molar-refractivity contribution in [1.82, 2.24) is 9.97 Å². The topological polar surface area (TPSA) is 75.5 Å². The molecule has 0 aliphatic heterocycles. The second kappa shape index (κ2) is 6.92. The molecular formula is C13H21N3O3. The van der Waals surface area contributed by atoms with E-state index in [1.165, 1.54) is 0 Å². The number of carbonyl (C=O) groups is 1. The summed E-state index contributed by atoms with van der Waals surface area (Å²) in [5, 5.41) is 8.78. The molecule has 1 aromatic heterocycles. The second-order valence-corrected chi connectivity index (χ2v) is 4.81. The van der Waals surface area contributed by atoms with E-state index in [2.05, 4.69) is 9.97 Å². The molecule has 1 aromatic rings. The number of rotatable bonds is 7. The summed E-state index contributed by atoms with van der Waals surface area (Å²) in [6, 6.07) is 0.142. The Labute approximate surface area is 113 Å². The highest BCUT2D eigenvalue weighted by atomic mass is 16.5. The fourth-order valence-electron chi connectivity index (χ4n) is 1.63. The number of nitrogens with zero attached hydrogens (tertiary/aromatic N) is 3. The van der Waals surface area contributed by atoms with Crippen molar-refractivity contribution < 1.29 is 14.6 Å². The second-order valence-electron chi connectivity index (χ2n) is 4.81. The monoisotopic (exact) mass is 267 g/mol. The quantitative estimate of drug-likeness (QED) is 0.813. The maximum atomic E-state index is 10.7. The number of carboxylic acid groups (broad SMARTS) is 1. The van der Waals surface area contributed by atoms with Crippen LogP contribution in [0.3, 0.4) is 0 Å². The third kappa shape index (κ3) is 5.11. The molecular weight excluding hydrogens is 246 g/mol. The first-order valence-electron chi connectivity index (χ1n) is 6.37. The van der Waals surface area contributed by atoms with Gasteiger partial charge in [-0.25, -0.2) is 0 Å². The molecule has 0 bridgehead atoms. The van der Waals surface area contributed by atoms with Gasteiger partial charge in [0.15, 0.2) is 5.82 Å². The molecule has 0 unspecified atom stereocenters. The highest BCUT2D eigenvalue weighted by Gasteiger charge is 2.15. The highest BCUT2D eigenvalue weighted by molar-refractivity contribution is 5.67. The first-order chi connectivity index (χ1) is 8.90. The molecule has 0 radical (unpaired) electrons. The van der Waals surface area contributed by atoms with Crippen molar-refractivity contribution in [2.45, 2.75) is 46.3 Å². The van der Waals surface area contributed by atoms with E-state index >= 15 is 0 Å². The SMILES string of the molecule is CC(C)Oc1cncc(N(CCC(=O)O)C(C)C)n1. The van der Waals surface area contributed by atoms with Gasteiger partial charge in [-0.2, -0.15) is 4.98 Å². The maximum Gasteiger partial charge on any atom is 0.305 e. The summed E-state index contributed by atoms with van der Waals surface area (Å²) in [5.74, 6) is 0.260. The van der Waals surface area contributed by atoms with E-state index in [9.17, 15) is 4.79 Å². The smallest absolute Gasteiger partial charge is 0.305 e. The maximum absolute atomic E-state index is 10.7. The largest absolute Gasteiger partial charge is 0.481 e. The molecule has 106 valence electrons. The Balaban J connectivity index is 2.86. The van der Waals surface area contributed by atoms with Gasteiger partial charge in [-0.3, -0.25) is 9.78 Å². The van der Waals surface area contributed by atoms with Crippen LogP contribution in [0.2, 0.25) is 0 Å². The molecule has 0 aliphatic rings. The standard InChI is InChI=1S/C13H21N3O3/c1-9(2)16(6-5-13(17)18)11-7-14-8-12(15-11)19-10(3)4/h7-10H,5-6H2,1-4H3,(H,17,18). The van der Waals surface area contributed by atoms with Gasteiger partial charge in [-0.05, 0) is 27.7 Å². The Kier molecular flexibility index (Phi) is 5.54. The van der Waals surface area contributed by atoms with Crippen LogP contribution in [0.1, 0.15) is 34.1 Å². The van der Waals surface area contributed by atoms with Crippen molar-refractivity contribution in [3.8, 4) is 5.88 Å². The highest BCUT2D eigenvalue weighted by Crippen LogP contribution is 2.17. The van der Waals surface area contributed by atoms with Crippen LogP contribution in [0.4, 0.5) is 5.82 Å². The number of hydrogen-bond acceptors (Lipinski definition) is 5. The van der Waals surface area contributed by atoms with Gasteiger partial charge in [-0.1, -0.05) is 0 Å². The normalized spacial score (nSPS) is 10.8. The predicted octanol–water partition coefficient (Wildman–Crippen LogP) is 1.95. The first-order valence-corrected chi connectivity index (χ1v) is 6.37. The lowest BCUT2D eigenvalue weighted by Crippen LogP contribution is -2.33. The van der Waals surface area contributed by atoms with Crippen LogP contribution < -0.4 is 9.64 Å². The van der Waals surface area contributed by atoms with Crippen molar-refractivity contribution in [2.24, 2.45) is 0 Å². The number of aromatic nitrogens is 2. The minimum Gasteiger partial charge on any atom is -0.481 e. The summed E-state index contributed by atoms with van der Waals surface area (Å²) in [7, 11) is 0. The summed E-state index contributed by atoms with van der Waals surface area (Å²) in [6.45, 7) is 8.20. The Morgan fingerprint density at radius 2 is 2.05 bits per heavy atom. The summed E-state index contributed by atoms with van der Waals surface area (Å²) in [4.78, 5) is 21.0. The zero-order valence-electron chi connectivity index (χ0n) is 11.8. The van der Waals surface area contributed by atoms with Gasteiger partial charge in [0, 0.05) is 12.6 Å². The Hall–Kier alpha value is -1.85. The molecule has 1 rings (SSSR count). The molecule has 0 saturated carbocycles. The van der Waals surface area contributed by atoms with Gasteiger partial charge in [0.25, 0.3) is 0 Å². The Morgan fingerprint density at radius 1 is 1.37 bits per heavy atom. The number of carboxylic acids is 1. The summed E-state index contributed by atoms with van der Waals surface area (Å²) >= 11 is 0. The Morgan fingerprint density at radius 3 is 2.58 bits per heavy atom. The molecule has 0 spiro atoms. The van der Waals surface area contributed by atoms with Crippen LogP contribution in [-0.4, -0.2) is 39.7 Å². The fourth-order valence-corrected chi connectivity index (χ4v) is 1.63. The minimum absolute atomic E-state index is 0.0241. The van der Waals surface area contributed by atoms with Crippen molar-refractivity contribution in [1.29, 1.82) is 0 Å². The first kappa shape index (κ1) is 15.2.